The minimum atomic E-state index is -0.714. The van der Waals surface area contributed by atoms with Gasteiger partial charge in [0.15, 0.2) is 17.3 Å². The van der Waals surface area contributed by atoms with Gasteiger partial charge in [-0.15, -0.1) is 0 Å². The fourth-order valence-electron chi connectivity index (χ4n) is 5.74. The van der Waals surface area contributed by atoms with Crippen LogP contribution in [0.25, 0.3) is 6.08 Å². The highest BCUT2D eigenvalue weighted by atomic mass is 16.7. The molecule has 0 unspecified atom stereocenters. The highest BCUT2D eigenvalue weighted by molar-refractivity contribution is 6.09. The minimum absolute atomic E-state index is 0.0277. The van der Waals surface area contributed by atoms with Gasteiger partial charge in [-0.1, -0.05) is 51.1 Å². The van der Waals surface area contributed by atoms with E-state index >= 15 is 0 Å². The standard InChI is InChI=1S/C27H26N2O5/c1-27(2,3)24(30)23-21-20(22-17-7-5-4-6-16(17)10-11-28(22)23)25(31)29(26(21)32)13-15-8-9-18-19(12-15)34-14-33-18/h4-12,20-23H,13-14H2,1-3H3/t20-,21-,22+,23+/m1/s1. The number of carbonyl (C=O) groups is 3. The summed E-state index contributed by atoms with van der Waals surface area (Å²) in [6.45, 7) is 5.90. The number of Topliss-reactive ketones (excluding diaryl/α,β-unsaturated/α-hetero) is 1. The highest BCUT2D eigenvalue weighted by Gasteiger charge is 2.64. The molecule has 2 aromatic carbocycles. The lowest BCUT2D eigenvalue weighted by Gasteiger charge is -2.37. The number of rotatable bonds is 3. The van der Waals surface area contributed by atoms with E-state index < -0.39 is 23.3 Å². The molecule has 4 aliphatic heterocycles. The van der Waals surface area contributed by atoms with E-state index in [4.69, 9.17) is 9.47 Å². The topological polar surface area (TPSA) is 76.1 Å². The number of hydrogen-bond donors (Lipinski definition) is 0. The van der Waals surface area contributed by atoms with Crippen molar-refractivity contribution >= 4 is 23.7 Å². The average Bonchev–Trinajstić information content (AvgIpc) is 3.48. The van der Waals surface area contributed by atoms with Gasteiger partial charge in [0.25, 0.3) is 0 Å². The molecule has 7 nitrogen and oxygen atoms in total. The van der Waals surface area contributed by atoms with Crippen LogP contribution in [0.5, 0.6) is 11.5 Å². The van der Waals surface area contributed by atoms with Gasteiger partial charge in [-0.05, 0) is 34.9 Å². The Morgan fingerprint density at radius 2 is 1.74 bits per heavy atom. The molecule has 0 N–H and O–H groups in total. The summed E-state index contributed by atoms with van der Waals surface area (Å²) >= 11 is 0. The Balaban J connectivity index is 1.41. The number of benzene rings is 2. The van der Waals surface area contributed by atoms with E-state index in [1.54, 1.807) is 12.1 Å². The lowest BCUT2D eigenvalue weighted by Crippen LogP contribution is -2.47. The molecule has 0 aliphatic carbocycles. The highest BCUT2D eigenvalue weighted by Crippen LogP contribution is 2.53. The Labute approximate surface area is 197 Å². The normalized spacial score (nSPS) is 26.6. The number of hydrogen-bond acceptors (Lipinski definition) is 6. The quantitative estimate of drug-likeness (QED) is 0.655. The van der Waals surface area contributed by atoms with E-state index in [2.05, 4.69) is 0 Å². The van der Waals surface area contributed by atoms with Crippen LogP contribution < -0.4 is 9.47 Å². The van der Waals surface area contributed by atoms with Crippen molar-refractivity contribution in [1.82, 2.24) is 9.80 Å². The van der Waals surface area contributed by atoms with Gasteiger partial charge in [0.05, 0.1) is 24.4 Å². The first-order valence-electron chi connectivity index (χ1n) is 11.6. The lowest BCUT2D eigenvalue weighted by molar-refractivity contribution is -0.144. The van der Waals surface area contributed by atoms with Crippen molar-refractivity contribution in [2.24, 2.45) is 17.3 Å². The molecule has 0 radical (unpaired) electrons. The van der Waals surface area contributed by atoms with Crippen molar-refractivity contribution in [3.05, 3.63) is 65.4 Å². The maximum absolute atomic E-state index is 13.8. The van der Waals surface area contributed by atoms with Crippen molar-refractivity contribution in [3.63, 3.8) is 0 Å². The van der Waals surface area contributed by atoms with Crippen LogP contribution in [0.3, 0.4) is 0 Å². The first-order chi connectivity index (χ1) is 16.3. The van der Waals surface area contributed by atoms with Crippen LogP contribution in [-0.2, 0) is 20.9 Å². The third-order valence-corrected chi connectivity index (χ3v) is 7.34. The van der Waals surface area contributed by atoms with Gasteiger partial charge in [-0.2, -0.15) is 0 Å². The van der Waals surface area contributed by atoms with Crippen molar-refractivity contribution in [2.75, 3.05) is 6.79 Å². The molecular formula is C27H26N2O5. The molecule has 4 atom stereocenters. The second kappa shape index (κ2) is 7.19. The predicted molar refractivity (Wildman–Crippen MR) is 123 cm³/mol. The number of fused-ring (bicyclic) bond motifs is 6. The summed E-state index contributed by atoms with van der Waals surface area (Å²) in [5, 5.41) is 0. The van der Waals surface area contributed by atoms with E-state index in [1.165, 1.54) is 4.90 Å². The molecule has 2 saturated heterocycles. The Morgan fingerprint density at radius 1 is 1.00 bits per heavy atom. The summed E-state index contributed by atoms with van der Waals surface area (Å²) < 4.78 is 10.8. The molecule has 0 aromatic heterocycles. The summed E-state index contributed by atoms with van der Waals surface area (Å²) in [7, 11) is 0. The maximum Gasteiger partial charge on any atom is 0.236 e. The van der Waals surface area contributed by atoms with Crippen LogP contribution >= 0.6 is 0 Å². The second-order valence-corrected chi connectivity index (χ2v) is 10.4. The molecule has 2 fully saturated rings. The molecule has 6 rings (SSSR count). The first-order valence-corrected chi connectivity index (χ1v) is 11.6. The Kier molecular flexibility index (Phi) is 4.43. The third kappa shape index (κ3) is 2.92. The molecule has 2 aromatic rings. The molecule has 7 heteroatoms. The van der Waals surface area contributed by atoms with Gasteiger partial charge in [0.2, 0.25) is 18.6 Å². The summed E-state index contributed by atoms with van der Waals surface area (Å²) in [6.07, 6.45) is 3.86. The van der Waals surface area contributed by atoms with Crippen molar-refractivity contribution in [1.29, 1.82) is 0 Å². The molecule has 2 amide bonds. The number of ether oxygens (including phenoxy) is 2. The van der Waals surface area contributed by atoms with Crippen LogP contribution in [0.4, 0.5) is 0 Å². The molecule has 4 heterocycles. The van der Waals surface area contributed by atoms with Crippen molar-refractivity contribution in [2.45, 2.75) is 39.4 Å². The molecule has 4 aliphatic rings. The van der Waals surface area contributed by atoms with Gasteiger partial charge in [0, 0.05) is 11.6 Å². The predicted octanol–water partition coefficient (Wildman–Crippen LogP) is 3.54. The summed E-state index contributed by atoms with van der Waals surface area (Å²) in [6, 6.07) is 12.3. The summed E-state index contributed by atoms with van der Waals surface area (Å²) in [5.74, 6) is -0.600. The Hall–Kier alpha value is -3.61. The molecule has 34 heavy (non-hydrogen) atoms. The number of amides is 2. The smallest absolute Gasteiger partial charge is 0.236 e. The van der Waals surface area contributed by atoms with Crippen LogP contribution in [0, 0.1) is 17.3 Å². The van der Waals surface area contributed by atoms with Gasteiger partial charge in [0.1, 0.15) is 6.04 Å². The maximum atomic E-state index is 13.8. The van der Waals surface area contributed by atoms with E-state index in [-0.39, 0.29) is 37.0 Å². The molecule has 0 bridgehead atoms. The number of likely N-dealkylation sites (tertiary alicyclic amines) is 1. The van der Waals surface area contributed by atoms with Crippen LogP contribution in [0.15, 0.2) is 48.7 Å². The SMILES string of the molecule is CC(C)(C)C(=O)[C@@H]1[C@@H]2C(=O)N(Cc3ccc4c(c3)OCO4)C(=O)[C@H]2[C@@H]2c3ccccc3C=CN12. The number of imide groups is 1. The molecular weight excluding hydrogens is 432 g/mol. The van der Waals surface area contributed by atoms with Gasteiger partial charge >= 0.3 is 0 Å². The molecule has 0 spiro atoms. The minimum Gasteiger partial charge on any atom is -0.454 e. The van der Waals surface area contributed by atoms with E-state index in [0.717, 1.165) is 16.7 Å². The zero-order valence-electron chi connectivity index (χ0n) is 19.4. The van der Waals surface area contributed by atoms with Crippen LogP contribution in [0.2, 0.25) is 0 Å². The van der Waals surface area contributed by atoms with Gasteiger partial charge in [-0.3, -0.25) is 19.3 Å². The van der Waals surface area contributed by atoms with Crippen molar-refractivity contribution < 1.29 is 23.9 Å². The van der Waals surface area contributed by atoms with E-state index in [0.29, 0.717) is 11.5 Å². The number of carbonyl (C=O) groups excluding carboxylic acids is 3. The van der Waals surface area contributed by atoms with E-state index in [9.17, 15) is 14.4 Å². The zero-order chi connectivity index (χ0) is 23.8. The summed E-state index contributed by atoms with van der Waals surface area (Å²) in [5.41, 5.74) is 2.13. The number of nitrogens with zero attached hydrogens (tertiary/aromatic N) is 2. The van der Waals surface area contributed by atoms with Crippen molar-refractivity contribution in [3.8, 4) is 11.5 Å². The monoisotopic (exact) mass is 458 g/mol. The first kappa shape index (κ1) is 21.0. The molecule has 0 saturated carbocycles. The second-order valence-electron chi connectivity index (χ2n) is 10.4. The number of ketones is 1. The van der Waals surface area contributed by atoms with Crippen LogP contribution in [-0.4, -0.2) is 40.2 Å². The zero-order valence-corrected chi connectivity index (χ0v) is 19.4. The molecule has 174 valence electrons. The van der Waals surface area contributed by atoms with E-state index in [1.807, 2.05) is 68.3 Å². The fourth-order valence-corrected chi connectivity index (χ4v) is 5.74. The lowest BCUT2D eigenvalue weighted by atomic mass is 9.79. The van der Waals surface area contributed by atoms with Gasteiger partial charge < -0.3 is 14.4 Å². The third-order valence-electron chi connectivity index (χ3n) is 7.34. The summed E-state index contributed by atoms with van der Waals surface area (Å²) in [4.78, 5) is 44.5. The Morgan fingerprint density at radius 3 is 2.53 bits per heavy atom. The van der Waals surface area contributed by atoms with Crippen LogP contribution in [0.1, 0.15) is 43.5 Å². The van der Waals surface area contributed by atoms with Gasteiger partial charge in [-0.25, -0.2) is 0 Å². The average molecular weight is 459 g/mol. The largest absolute Gasteiger partial charge is 0.454 e. The Bertz CT molecular complexity index is 1260. The fraction of sp³-hybridized carbons (Fsp3) is 0.370.